The molecule has 0 fully saturated rings. The maximum Gasteiger partial charge on any atom is 0.130 e. The molecule has 0 heterocycles. The summed E-state index contributed by atoms with van der Waals surface area (Å²) in [5, 5.41) is 12.4. The highest BCUT2D eigenvalue weighted by Crippen LogP contribution is 2.17. The van der Waals surface area contributed by atoms with Crippen LogP contribution in [0.5, 0.6) is 5.75 Å². The molecular weight excluding hydrogens is 248 g/mol. The van der Waals surface area contributed by atoms with E-state index in [-0.39, 0.29) is 11.8 Å². The SMILES string of the molecule is CC(NCc1ccc(F)cc1F)c1ccc(O)cc1. The number of rotatable bonds is 4. The number of benzene rings is 2. The second-order valence-electron chi connectivity index (χ2n) is 4.43. The zero-order chi connectivity index (χ0) is 13.8. The van der Waals surface area contributed by atoms with E-state index in [9.17, 15) is 13.9 Å². The fourth-order valence-electron chi connectivity index (χ4n) is 1.81. The summed E-state index contributed by atoms with van der Waals surface area (Å²) in [6, 6.07) is 10.4. The number of aromatic hydroxyl groups is 1. The van der Waals surface area contributed by atoms with Gasteiger partial charge in [-0.1, -0.05) is 18.2 Å². The first-order valence-corrected chi connectivity index (χ1v) is 6.02. The number of halogens is 2. The Bertz CT molecular complexity index is 555. The van der Waals surface area contributed by atoms with Crippen LogP contribution >= 0.6 is 0 Å². The molecule has 0 bridgehead atoms. The summed E-state index contributed by atoms with van der Waals surface area (Å²) in [5.41, 5.74) is 1.41. The Hall–Kier alpha value is -1.94. The zero-order valence-corrected chi connectivity index (χ0v) is 10.5. The van der Waals surface area contributed by atoms with Crippen molar-refractivity contribution in [3.8, 4) is 5.75 Å². The third-order valence-corrected chi connectivity index (χ3v) is 3.01. The summed E-state index contributed by atoms with van der Waals surface area (Å²) in [7, 11) is 0. The monoisotopic (exact) mass is 263 g/mol. The molecule has 2 N–H and O–H groups in total. The van der Waals surface area contributed by atoms with Crippen LogP contribution in [0.4, 0.5) is 8.78 Å². The third-order valence-electron chi connectivity index (χ3n) is 3.01. The molecule has 2 aromatic carbocycles. The Balaban J connectivity index is 2.00. The second-order valence-corrected chi connectivity index (χ2v) is 4.43. The van der Waals surface area contributed by atoms with Crippen LogP contribution in [0.3, 0.4) is 0 Å². The van der Waals surface area contributed by atoms with Gasteiger partial charge in [0, 0.05) is 24.2 Å². The van der Waals surface area contributed by atoms with Gasteiger partial charge in [-0.3, -0.25) is 0 Å². The Morgan fingerprint density at radius 3 is 2.42 bits per heavy atom. The lowest BCUT2D eigenvalue weighted by Gasteiger charge is -2.14. The summed E-state index contributed by atoms with van der Waals surface area (Å²) >= 11 is 0. The summed E-state index contributed by atoms with van der Waals surface area (Å²) in [6.45, 7) is 2.25. The van der Waals surface area contributed by atoms with Gasteiger partial charge in [-0.05, 0) is 30.7 Å². The molecular formula is C15H15F2NO. The molecule has 0 amide bonds. The predicted molar refractivity (Wildman–Crippen MR) is 69.7 cm³/mol. The topological polar surface area (TPSA) is 32.3 Å². The van der Waals surface area contributed by atoms with Crippen molar-refractivity contribution in [3.05, 3.63) is 65.2 Å². The predicted octanol–water partition coefficient (Wildman–Crippen LogP) is 3.52. The molecule has 0 saturated carbocycles. The molecule has 0 aromatic heterocycles. The summed E-state index contributed by atoms with van der Waals surface area (Å²) in [6.07, 6.45) is 0. The minimum atomic E-state index is -0.576. The van der Waals surface area contributed by atoms with Crippen LogP contribution in [-0.4, -0.2) is 5.11 Å². The van der Waals surface area contributed by atoms with Crippen molar-refractivity contribution in [2.45, 2.75) is 19.5 Å². The van der Waals surface area contributed by atoms with Crippen LogP contribution in [-0.2, 0) is 6.54 Å². The van der Waals surface area contributed by atoms with Gasteiger partial charge >= 0.3 is 0 Å². The van der Waals surface area contributed by atoms with Crippen molar-refractivity contribution in [1.29, 1.82) is 0 Å². The lowest BCUT2D eigenvalue weighted by atomic mass is 10.1. The van der Waals surface area contributed by atoms with Gasteiger partial charge in [-0.25, -0.2) is 8.78 Å². The van der Waals surface area contributed by atoms with Crippen LogP contribution in [0.25, 0.3) is 0 Å². The van der Waals surface area contributed by atoms with Crippen LogP contribution in [0.15, 0.2) is 42.5 Å². The lowest BCUT2D eigenvalue weighted by molar-refractivity contribution is 0.474. The molecule has 1 atom stereocenters. The molecule has 2 rings (SSSR count). The quantitative estimate of drug-likeness (QED) is 0.884. The number of hydrogen-bond donors (Lipinski definition) is 2. The van der Waals surface area contributed by atoms with E-state index in [1.807, 2.05) is 6.92 Å². The highest BCUT2D eigenvalue weighted by molar-refractivity contribution is 5.28. The van der Waals surface area contributed by atoms with Gasteiger partial charge < -0.3 is 10.4 Å². The van der Waals surface area contributed by atoms with Gasteiger partial charge in [0.2, 0.25) is 0 Å². The molecule has 19 heavy (non-hydrogen) atoms. The van der Waals surface area contributed by atoms with Gasteiger partial charge in [0.15, 0.2) is 0 Å². The average Bonchev–Trinajstić information content (AvgIpc) is 2.38. The summed E-state index contributed by atoms with van der Waals surface area (Å²) in [4.78, 5) is 0. The van der Waals surface area contributed by atoms with Gasteiger partial charge in [0.1, 0.15) is 17.4 Å². The maximum atomic E-state index is 13.4. The van der Waals surface area contributed by atoms with Crippen LogP contribution in [0.1, 0.15) is 24.1 Å². The molecule has 0 aliphatic carbocycles. The molecule has 100 valence electrons. The molecule has 0 aliphatic rings. The fraction of sp³-hybridized carbons (Fsp3) is 0.200. The first-order chi connectivity index (χ1) is 9.06. The number of hydrogen-bond acceptors (Lipinski definition) is 2. The molecule has 0 spiro atoms. The molecule has 2 aromatic rings. The number of phenols is 1. The van der Waals surface area contributed by atoms with Crippen molar-refractivity contribution in [2.24, 2.45) is 0 Å². The van der Waals surface area contributed by atoms with Crippen LogP contribution in [0, 0.1) is 11.6 Å². The molecule has 0 radical (unpaired) electrons. The van der Waals surface area contributed by atoms with E-state index in [1.165, 1.54) is 12.1 Å². The zero-order valence-electron chi connectivity index (χ0n) is 10.5. The minimum Gasteiger partial charge on any atom is -0.508 e. The first kappa shape index (κ1) is 13.5. The largest absolute Gasteiger partial charge is 0.508 e. The Kier molecular flexibility index (Phi) is 4.12. The highest BCUT2D eigenvalue weighted by Gasteiger charge is 2.08. The highest BCUT2D eigenvalue weighted by atomic mass is 19.1. The second kappa shape index (κ2) is 5.80. The van der Waals surface area contributed by atoms with Crippen molar-refractivity contribution in [3.63, 3.8) is 0 Å². The number of nitrogens with one attached hydrogen (secondary N) is 1. The van der Waals surface area contributed by atoms with E-state index in [2.05, 4.69) is 5.32 Å². The Morgan fingerprint density at radius 2 is 1.79 bits per heavy atom. The first-order valence-electron chi connectivity index (χ1n) is 6.02. The standard InChI is InChI=1S/C15H15F2NO/c1-10(11-3-6-14(19)7-4-11)18-9-12-2-5-13(16)8-15(12)17/h2-8,10,18-19H,9H2,1H3. The third kappa shape index (κ3) is 3.51. The van der Waals surface area contributed by atoms with Gasteiger partial charge in [0.25, 0.3) is 0 Å². The Morgan fingerprint density at radius 1 is 1.11 bits per heavy atom. The van der Waals surface area contributed by atoms with Gasteiger partial charge in [-0.2, -0.15) is 0 Å². The van der Waals surface area contributed by atoms with E-state index in [0.29, 0.717) is 12.1 Å². The summed E-state index contributed by atoms with van der Waals surface area (Å²) in [5.74, 6) is -0.918. The van der Waals surface area contributed by atoms with Crippen LogP contribution < -0.4 is 5.32 Å². The minimum absolute atomic E-state index is 0.00468. The lowest BCUT2D eigenvalue weighted by Crippen LogP contribution is -2.18. The van der Waals surface area contributed by atoms with Crippen molar-refractivity contribution >= 4 is 0 Å². The smallest absolute Gasteiger partial charge is 0.130 e. The van der Waals surface area contributed by atoms with E-state index in [4.69, 9.17) is 0 Å². The van der Waals surface area contributed by atoms with Gasteiger partial charge in [0.05, 0.1) is 0 Å². The molecule has 4 heteroatoms. The van der Waals surface area contributed by atoms with Crippen LogP contribution in [0.2, 0.25) is 0 Å². The van der Waals surface area contributed by atoms with E-state index in [0.717, 1.165) is 11.6 Å². The van der Waals surface area contributed by atoms with E-state index in [1.54, 1.807) is 24.3 Å². The van der Waals surface area contributed by atoms with Crippen molar-refractivity contribution in [2.75, 3.05) is 0 Å². The maximum absolute atomic E-state index is 13.4. The molecule has 0 saturated heterocycles. The summed E-state index contributed by atoms with van der Waals surface area (Å²) < 4.78 is 26.2. The van der Waals surface area contributed by atoms with E-state index >= 15 is 0 Å². The molecule has 1 unspecified atom stereocenters. The number of phenolic OH excluding ortho intramolecular Hbond substituents is 1. The van der Waals surface area contributed by atoms with E-state index < -0.39 is 11.6 Å². The van der Waals surface area contributed by atoms with Gasteiger partial charge in [-0.15, -0.1) is 0 Å². The Labute approximate surface area is 110 Å². The molecule has 0 aliphatic heterocycles. The molecule has 2 nitrogen and oxygen atoms in total. The van der Waals surface area contributed by atoms with Crippen molar-refractivity contribution < 1.29 is 13.9 Å². The normalized spacial score (nSPS) is 12.4. The fourth-order valence-corrected chi connectivity index (χ4v) is 1.81. The van der Waals surface area contributed by atoms with Crippen molar-refractivity contribution in [1.82, 2.24) is 5.32 Å². The average molecular weight is 263 g/mol.